The highest BCUT2D eigenvalue weighted by Gasteiger charge is 2.23. The minimum absolute atomic E-state index is 0.0463. The summed E-state index contributed by atoms with van der Waals surface area (Å²) in [6.07, 6.45) is 10.0. The van der Waals surface area contributed by atoms with Crippen LogP contribution in [-0.2, 0) is 30.6 Å². The zero-order valence-electron chi connectivity index (χ0n) is 17.4. The van der Waals surface area contributed by atoms with Crippen molar-refractivity contribution in [1.82, 2.24) is 20.3 Å². The first-order valence-corrected chi connectivity index (χ1v) is 12.5. The summed E-state index contributed by atoms with van der Waals surface area (Å²) < 4.78 is 6.30. The third-order valence-corrected chi connectivity index (χ3v) is 7.84. The molecule has 0 unspecified atom stereocenters. The number of thioether (sulfide) groups is 1. The van der Waals surface area contributed by atoms with Gasteiger partial charge in [0.15, 0.2) is 0 Å². The van der Waals surface area contributed by atoms with Crippen LogP contribution in [0.25, 0.3) is 20.4 Å². The van der Waals surface area contributed by atoms with Gasteiger partial charge < -0.3 is 9.73 Å². The monoisotopic (exact) mass is 452 g/mol. The molecule has 4 aromatic rings. The van der Waals surface area contributed by atoms with Crippen LogP contribution >= 0.6 is 23.1 Å². The van der Waals surface area contributed by atoms with Crippen molar-refractivity contribution < 1.29 is 9.21 Å². The van der Waals surface area contributed by atoms with Gasteiger partial charge in [-0.1, -0.05) is 25.1 Å². The molecule has 0 saturated carbocycles. The fraction of sp³-hybridized carbons (Fsp3) is 0.391. The van der Waals surface area contributed by atoms with E-state index in [2.05, 4.69) is 22.2 Å². The molecule has 8 heteroatoms. The van der Waals surface area contributed by atoms with Gasteiger partial charge >= 0.3 is 0 Å². The number of amides is 1. The first kappa shape index (κ1) is 20.5. The molecular formula is C23H24N4O2S2. The van der Waals surface area contributed by atoms with Gasteiger partial charge in [-0.15, -0.1) is 11.3 Å². The Kier molecular flexibility index (Phi) is 5.91. The van der Waals surface area contributed by atoms with E-state index in [1.54, 1.807) is 23.9 Å². The summed E-state index contributed by atoms with van der Waals surface area (Å²) in [5.41, 5.74) is 5.14. The first-order chi connectivity index (χ1) is 15.2. The molecule has 1 N–H and O–H groups in total. The van der Waals surface area contributed by atoms with Crippen LogP contribution in [-0.4, -0.2) is 26.6 Å². The largest absolute Gasteiger partial charge is 0.467 e. The second-order valence-corrected chi connectivity index (χ2v) is 9.72. The van der Waals surface area contributed by atoms with E-state index in [4.69, 9.17) is 9.40 Å². The normalized spacial score (nSPS) is 13.6. The standard InChI is InChI=1S/C23H24N4O2S2/c1-2-6-17-15-8-3-4-9-16(15)19-20-21(31-22(19)27-17)23(26-13-25-20)30-12-18(28)24-11-14-7-5-10-29-14/h5,7,10,13H,2-4,6,8-9,11-12H2,1H3,(H,24,28). The molecule has 0 saturated heterocycles. The topological polar surface area (TPSA) is 80.9 Å². The Labute approximate surface area is 188 Å². The third-order valence-electron chi connectivity index (χ3n) is 5.64. The highest BCUT2D eigenvalue weighted by Crippen LogP contribution is 2.41. The van der Waals surface area contributed by atoms with Crippen molar-refractivity contribution in [3.8, 4) is 0 Å². The number of thiophene rings is 1. The van der Waals surface area contributed by atoms with E-state index in [1.807, 2.05) is 12.1 Å². The van der Waals surface area contributed by atoms with Crippen LogP contribution in [0.2, 0.25) is 0 Å². The van der Waals surface area contributed by atoms with Crippen LogP contribution in [0.1, 0.15) is 48.8 Å². The van der Waals surface area contributed by atoms with Crippen molar-refractivity contribution in [3.05, 3.63) is 47.3 Å². The zero-order valence-corrected chi connectivity index (χ0v) is 19.1. The Balaban J connectivity index is 1.44. The number of nitrogens with one attached hydrogen (secondary N) is 1. The molecule has 1 aliphatic rings. The van der Waals surface area contributed by atoms with Crippen LogP contribution in [0.5, 0.6) is 0 Å². The van der Waals surface area contributed by atoms with Gasteiger partial charge in [-0.25, -0.2) is 15.0 Å². The molecule has 0 spiro atoms. The van der Waals surface area contributed by atoms with Crippen LogP contribution in [0.15, 0.2) is 34.2 Å². The average molecular weight is 453 g/mol. The van der Waals surface area contributed by atoms with Crippen molar-refractivity contribution in [2.24, 2.45) is 0 Å². The molecule has 1 amide bonds. The number of aromatic nitrogens is 3. The van der Waals surface area contributed by atoms with E-state index in [0.717, 1.165) is 51.5 Å². The minimum Gasteiger partial charge on any atom is -0.467 e. The van der Waals surface area contributed by atoms with Crippen LogP contribution in [0, 0.1) is 0 Å². The number of nitrogens with zero attached hydrogens (tertiary/aromatic N) is 3. The zero-order chi connectivity index (χ0) is 21.2. The number of fused-ring (bicyclic) bond motifs is 5. The predicted octanol–water partition coefficient (Wildman–Crippen LogP) is 5.07. The van der Waals surface area contributed by atoms with E-state index in [-0.39, 0.29) is 5.91 Å². The Morgan fingerprint density at radius 3 is 2.94 bits per heavy atom. The van der Waals surface area contributed by atoms with Crippen LogP contribution in [0.4, 0.5) is 0 Å². The van der Waals surface area contributed by atoms with Crippen molar-refractivity contribution in [1.29, 1.82) is 0 Å². The second-order valence-electron chi connectivity index (χ2n) is 7.76. The quantitative estimate of drug-likeness (QED) is 0.311. The van der Waals surface area contributed by atoms with E-state index in [9.17, 15) is 4.79 Å². The minimum atomic E-state index is -0.0463. The molecule has 0 atom stereocenters. The van der Waals surface area contributed by atoms with Crippen molar-refractivity contribution in [2.45, 2.75) is 57.0 Å². The Morgan fingerprint density at radius 1 is 1.26 bits per heavy atom. The first-order valence-electron chi connectivity index (χ1n) is 10.7. The number of carbonyl (C=O) groups is 1. The van der Waals surface area contributed by atoms with Gasteiger partial charge in [-0.3, -0.25) is 4.79 Å². The van der Waals surface area contributed by atoms with Crippen LogP contribution in [0.3, 0.4) is 0 Å². The molecule has 0 radical (unpaired) electrons. The fourth-order valence-corrected chi connectivity index (χ4v) is 6.33. The second kappa shape index (κ2) is 8.96. The summed E-state index contributed by atoms with van der Waals surface area (Å²) in [5.74, 6) is 0.995. The summed E-state index contributed by atoms with van der Waals surface area (Å²) >= 11 is 3.11. The molecule has 0 bridgehead atoms. The van der Waals surface area contributed by atoms with E-state index < -0.39 is 0 Å². The number of furan rings is 1. The van der Waals surface area contributed by atoms with Gasteiger partial charge in [0.1, 0.15) is 21.9 Å². The van der Waals surface area contributed by atoms with Crippen LogP contribution < -0.4 is 5.32 Å². The maximum absolute atomic E-state index is 12.3. The highest BCUT2D eigenvalue weighted by atomic mass is 32.2. The van der Waals surface area contributed by atoms with Gasteiger partial charge in [0.05, 0.1) is 28.8 Å². The third kappa shape index (κ3) is 4.06. The number of hydrogen-bond donors (Lipinski definition) is 1. The SMILES string of the molecule is CCCc1nc2sc3c(SCC(=O)NCc4ccco4)ncnc3c2c2c1CCCC2. The maximum atomic E-state index is 12.3. The Morgan fingerprint density at radius 2 is 2.13 bits per heavy atom. The van der Waals surface area contributed by atoms with E-state index in [1.165, 1.54) is 46.8 Å². The molecule has 31 heavy (non-hydrogen) atoms. The molecule has 160 valence electrons. The number of rotatable bonds is 7. The smallest absolute Gasteiger partial charge is 0.230 e. The lowest BCUT2D eigenvalue weighted by Crippen LogP contribution is -2.24. The molecule has 1 aliphatic carbocycles. The number of aryl methyl sites for hydroxylation is 2. The molecule has 4 heterocycles. The van der Waals surface area contributed by atoms with Gasteiger partial charge in [-0.2, -0.15) is 0 Å². The fourth-order valence-electron chi connectivity index (χ4n) is 4.25. The molecule has 0 fully saturated rings. The summed E-state index contributed by atoms with van der Waals surface area (Å²) in [5, 5.41) is 4.95. The number of pyridine rings is 1. The van der Waals surface area contributed by atoms with Crippen molar-refractivity contribution >= 4 is 49.4 Å². The summed E-state index contributed by atoms with van der Waals surface area (Å²) in [4.78, 5) is 27.6. The lowest BCUT2D eigenvalue weighted by Gasteiger charge is -2.19. The van der Waals surface area contributed by atoms with E-state index >= 15 is 0 Å². The van der Waals surface area contributed by atoms with Gasteiger partial charge in [0.25, 0.3) is 0 Å². The lowest BCUT2D eigenvalue weighted by molar-refractivity contribution is -0.118. The van der Waals surface area contributed by atoms with Gasteiger partial charge in [0, 0.05) is 11.1 Å². The Hall–Kier alpha value is -2.45. The van der Waals surface area contributed by atoms with Gasteiger partial charge in [0.2, 0.25) is 5.91 Å². The van der Waals surface area contributed by atoms with Crippen molar-refractivity contribution in [3.63, 3.8) is 0 Å². The maximum Gasteiger partial charge on any atom is 0.230 e. The van der Waals surface area contributed by atoms with Gasteiger partial charge in [-0.05, 0) is 55.4 Å². The Bertz CT molecular complexity index is 1230. The molecule has 6 nitrogen and oxygen atoms in total. The number of carbonyl (C=O) groups excluding carboxylic acids is 1. The van der Waals surface area contributed by atoms with E-state index in [0.29, 0.717) is 12.3 Å². The molecular weight excluding hydrogens is 428 g/mol. The summed E-state index contributed by atoms with van der Waals surface area (Å²) in [7, 11) is 0. The summed E-state index contributed by atoms with van der Waals surface area (Å²) in [6.45, 7) is 2.61. The summed E-state index contributed by atoms with van der Waals surface area (Å²) in [6, 6.07) is 3.66. The lowest BCUT2D eigenvalue weighted by atomic mass is 9.88. The van der Waals surface area contributed by atoms with Crippen molar-refractivity contribution in [2.75, 3.05) is 5.75 Å². The molecule has 4 aromatic heterocycles. The number of hydrogen-bond acceptors (Lipinski definition) is 7. The molecule has 5 rings (SSSR count). The average Bonchev–Trinajstić information content (AvgIpc) is 3.44. The highest BCUT2D eigenvalue weighted by molar-refractivity contribution is 8.00. The predicted molar refractivity (Wildman–Crippen MR) is 125 cm³/mol. The molecule has 0 aliphatic heterocycles. The molecule has 0 aromatic carbocycles.